The number of methoxy groups -OCH3 is 1. The van der Waals surface area contributed by atoms with Crippen molar-refractivity contribution in [3.05, 3.63) is 41.9 Å². The number of ether oxygens (including phenoxy) is 1. The van der Waals surface area contributed by atoms with Crippen molar-refractivity contribution >= 4 is 34.5 Å². The first-order valence-electron chi connectivity index (χ1n) is 10.5. The highest BCUT2D eigenvalue weighted by Gasteiger charge is 2.30. The molecule has 3 aromatic heterocycles. The zero-order valence-electron chi connectivity index (χ0n) is 18.9. The Morgan fingerprint density at radius 1 is 1.37 bits per heavy atom. The summed E-state index contributed by atoms with van der Waals surface area (Å²) in [7, 11) is 1.42. The third kappa shape index (κ3) is 3.48. The molecule has 0 radical (unpaired) electrons. The van der Waals surface area contributed by atoms with Gasteiger partial charge in [-0.25, -0.2) is 9.50 Å². The Kier molecular flexibility index (Phi) is 4.05. The Morgan fingerprint density at radius 3 is 2.90 bits per heavy atom. The minimum absolute atomic E-state index is 0.0602. The summed E-state index contributed by atoms with van der Waals surface area (Å²) >= 11 is 0. The van der Waals surface area contributed by atoms with E-state index in [-0.39, 0.29) is 40.2 Å². The number of anilines is 3. The third-order valence-electron chi connectivity index (χ3n) is 4.69. The van der Waals surface area contributed by atoms with Crippen LogP contribution in [0.2, 0.25) is 0 Å². The Hall–Kier alpha value is -4.13. The second-order valence-corrected chi connectivity index (χ2v) is 6.68. The van der Waals surface area contributed by atoms with Crippen LogP contribution in [0.15, 0.2) is 30.7 Å². The lowest BCUT2D eigenvalue weighted by Crippen LogP contribution is -2.20. The van der Waals surface area contributed by atoms with Crippen molar-refractivity contribution in [2.45, 2.75) is 12.8 Å². The molecule has 3 N–H and O–H groups in total. The molecule has 10 nitrogen and oxygen atoms in total. The van der Waals surface area contributed by atoms with Crippen LogP contribution in [-0.2, 0) is 4.79 Å². The molecule has 152 valence electrons. The SMILES string of the molecule is [2H]C([2H])([2H])NC(=O)c1cnc(NC(=O)C2CC2)cc1Nc1cnn2ccc(C#N)c(OC)c12. The molecular formula is C20H19N7O3. The molecule has 0 atom stereocenters. The number of hydrogen-bond acceptors (Lipinski definition) is 7. The monoisotopic (exact) mass is 408 g/mol. The summed E-state index contributed by atoms with van der Waals surface area (Å²) < 4.78 is 28.8. The Morgan fingerprint density at radius 2 is 2.20 bits per heavy atom. The zero-order valence-corrected chi connectivity index (χ0v) is 15.9. The van der Waals surface area contributed by atoms with Crippen LogP contribution in [-0.4, -0.2) is 40.5 Å². The number of nitrogens with zero attached hydrogens (tertiary/aromatic N) is 4. The molecule has 1 fully saturated rings. The predicted octanol–water partition coefficient (Wildman–Crippen LogP) is 2.06. The first-order chi connectivity index (χ1) is 15.7. The molecule has 0 bridgehead atoms. The van der Waals surface area contributed by atoms with Crippen molar-refractivity contribution in [3.63, 3.8) is 0 Å². The quantitative estimate of drug-likeness (QED) is 0.568. The van der Waals surface area contributed by atoms with Crippen LogP contribution in [0.3, 0.4) is 0 Å². The molecular weight excluding hydrogens is 386 g/mol. The molecule has 0 unspecified atom stereocenters. The van der Waals surface area contributed by atoms with E-state index in [9.17, 15) is 14.9 Å². The second kappa shape index (κ2) is 7.71. The van der Waals surface area contributed by atoms with Gasteiger partial charge < -0.3 is 20.7 Å². The van der Waals surface area contributed by atoms with Gasteiger partial charge >= 0.3 is 0 Å². The summed E-state index contributed by atoms with van der Waals surface area (Å²) in [6.07, 6.45) is 5.83. The number of rotatable bonds is 6. The van der Waals surface area contributed by atoms with E-state index >= 15 is 0 Å². The van der Waals surface area contributed by atoms with E-state index in [0.717, 1.165) is 12.8 Å². The van der Waals surface area contributed by atoms with Crippen LogP contribution >= 0.6 is 0 Å². The molecule has 2 amide bonds. The minimum atomic E-state index is -2.71. The Bertz CT molecular complexity index is 1290. The van der Waals surface area contributed by atoms with Gasteiger partial charge in [0.05, 0.1) is 35.8 Å². The van der Waals surface area contributed by atoms with Crippen molar-refractivity contribution in [2.75, 3.05) is 24.7 Å². The van der Waals surface area contributed by atoms with Crippen LogP contribution in [0.5, 0.6) is 5.75 Å². The number of nitrogens with one attached hydrogen (secondary N) is 3. The Labute approximate surface area is 176 Å². The fraction of sp³-hybridized carbons (Fsp3) is 0.250. The highest BCUT2D eigenvalue weighted by atomic mass is 16.5. The average molecular weight is 408 g/mol. The topological polar surface area (TPSA) is 133 Å². The molecule has 1 aliphatic rings. The minimum Gasteiger partial charge on any atom is -0.493 e. The summed E-state index contributed by atoms with van der Waals surface area (Å²) in [5.74, 6) is -0.656. The normalized spacial score (nSPS) is 14.7. The van der Waals surface area contributed by atoms with E-state index in [0.29, 0.717) is 11.2 Å². The summed E-state index contributed by atoms with van der Waals surface area (Å²) in [6.45, 7) is -2.71. The molecule has 0 aliphatic heterocycles. The second-order valence-electron chi connectivity index (χ2n) is 6.68. The van der Waals surface area contributed by atoms with Gasteiger partial charge in [0.2, 0.25) is 5.91 Å². The number of aromatic nitrogens is 3. The first kappa shape index (κ1) is 15.8. The molecule has 4 rings (SSSR count). The number of fused-ring (bicyclic) bond motifs is 1. The number of pyridine rings is 2. The number of amides is 2. The summed E-state index contributed by atoms with van der Waals surface area (Å²) in [5, 5.41) is 21.3. The maximum Gasteiger partial charge on any atom is 0.254 e. The molecule has 0 spiro atoms. The van der Waals surface area contributed by atoms with Gasteiger partial charge in [0, 0.05) is 35.5 Å². The molecule has 0 saturated heterocycles. The zero-order chi connectivity index (χ0) is 23.8. The maximum atomic E-state index is 12.6. The van der Waals surface area contributed by atoms with Crippen LogP contribution < -0.4 is 20.7 Å². The summed E-state index contributed by atoms with van der Waals surface area (Å²) in [6, 6.07) is 5.02. The van der Waals surface area contributed by atoms with E-state index in [1.807, 2.05) is 11.4 Å². The molecule has 10 heteroatoms. The van der Waals surface area contributed by atoms with Gasteiger partial charge in [-0.15, -0.1) is 0 Å². The standard InChI is InChI=1S/C20H19N7O3/c1-22-20(29)13-9-23-16(26-19(28)11-3-4-11)7-14(13)25-15-10-24-27-6-5-12(8-21)18(30-2)17(15)27/h5-7,9-11H,3-4H2,1-2H3,(H,22,29)(H2,23,25,26,28)/i1D3. The number of carbonyl (C=O) groups excluding carboxylic acids is 2. The van der Waals surface area contributed by atoms with Gasteiger partial charge in [-0.3, -0.25) is 9.59 Å². The van der Waals surface area contributed by atoms with Gasteiger partial charge in [0.25, 0.3) is 5.91 Å². The van der Waals surface area contributed by atoms with Gasteiger partial charge in [-0.05, 0) is 18.9 Å². The lowest BCUT2D eigenvalue weighted by atomic mass is 10.2. The lowest BCUT2D eigenvalue weighted by Gasteiger charge is -2.13. The van der Waals surface area contributed by atoms with Crippen LogP contribution in [0.4, 0.5) is 17.2 Å². The number of nitriles is 1. The number of carbonyl (C=O) groups is 2. The molecule has 3 aromatic rings. The summed E-state index contributed by atoms with van der Waals surface area (Å²) in [4.78, 5) is 28.9. The molecule has 3 heterocycles. The van der Waals surface area contributed by atoms with Crippen molar-refractivity contribution in [1.82, 2.24) is 19.9 Å². The predicted molar refractivity (Wildman–Crippen MR) is 109 cm³/mol. The van der Waals surface area contributed by atoms with Crippen molar-refractivity contribution in [1.29, 1.82) is 5.26 Å². The molecule has 0 aromatic carbocycles. The van der Waals surface area contributed by atoms with Crippen LogP contribution in [0.1, 0.15) is 32.9 Å². The third-order valence-corrected chi connectivity index (χ3v) is 4.69. The maximum absolute atomic E-state index is 12.6. The summed E-state index contributed by atoms with van der Waals surface area (Å²) in [5.41, 5.74) is 1.21. The molecule has 1 aliphatic carbocycles. The van der Waals surface area contributed by atoms with E-state index in [4.69, 9.17) is 8.85 Å². The smallest absolute Gasteiger partial charge is 0.254 e. The Balaban J connectivity index is 1.76. The highest BCUT2D eigenvalue weighted by Crippen LogP contribution is 2.34. The van der Waals surface area contributed by atoms with Gasteiger partial charge in [0.1, 0.15) is 17.4 Å². The largest absolute Gasteiger partial charge is 0.493 e. The van der Waals surface area contributed by atoms with E-state index < -0.39 is 12.9 Å². The van der Waals surface area contributed by atoms with Crippen LogP contribution in [0, 0.1) is 17.2 Å². The van der Waals surface area contributed by atoms with E-state index in [1.54, 1.807) is 12.3 Å². The van der Waals surface area contributed by atoms with Crippen LogP contribution in [0.25, 0.3) is 5.52 Å². The highest BCUT2D eigenvalue weighted by molar-refractivity contribution is 6.02. The van der Waals surface area contributed by atoms with E-state index in [2.05, 4.69) is 20.7 Å². The molecule has 30 heavy (non-hydrogen) atoms. The molecule has 1 saturated carbocycles. The van der Waals surface area contributed by atoms with E-state index in [1.165, 1.54) is 30.1 Å². The van der Waals surface area contributed by atoms with Gasteiger partial charge in [-0.1, -0.05) is 0 Å². The van der Waals surface area contributed by atoms with Crippen molar-refractivity contribution < 1.29 is 18.4 Å². The van der Waals surface area contributed by atoms with Crippen molar-refractivity contribution in [2.24, 2.45) is 5.92 Å². The van der Waals surface area contributed by atoms with Gasteiger partial charge in [-0.2, -0.15) is 10.4 Å². The lowest BCUT2D eigenvalue weighted by molar-refractivity contribution is -0.117. The fourth-order valence-electron chi connectivity index (χ4n) is 3.03. The first-order valence-corrected chi connectivity index (χ1v) is 9.05. The van der Waals surface area contributed by atoms with Crippen molar-refractivity contribution in [3.8, 4) is 11.8 Å². The van der Waals surface area contributed by atoms with Gasteiger partial charge in [0.15, 0.2) is 5.75 Å². The fourth-order valence-corrected chi connectivity index (χ4v) is 3.03. The number of hydrogen-bond donors (Lipinski definition) is 3. The average Bonchev–Trinajstić information content (AvgIpc) is 3.54.